The van der Waals surface area contributed by atoms with E-state index in [2.05, 4.69) is 20.5 Å². The zero-order valence-corrected chi connectivity index (χ0v) is 12.6. The summed E-state index contributed by atoms with van der Waals surface area (Å²) in [6.45, 7) is 4.28. The Morgan fingerprint density at radius 2 is 2.30 bits per heavy atom. The molecule has 20 heavy (non-hydrogen) atoms. The summed E-state index contributed by atoms with van der Waals surface area (Å²) in [7, 11) is 0. The molecule has 0 spiro atoms. The highest BCUT2D eigenvalue weighted by Gasteiger charge is 2.11. The standard InChI is InChI=1S/C12H14ClN5OS/c1-7(2)18-10(16-17-12(18)20)6-15-11(19)8-3-4-9(13)14-5-8/h3-5,7H,6H2,1-2H3,(H,15,19)(H,17,20). The second-order valence-corrected chi connectivity index (χ2v) is 5.23. The molecule has 0 unspecified atom stereocenters. The minimum absolute atomic E-state index is 0.172. The number of H-pyrrole nitrogens is 1. The smallest absolute Gasteiger partial charge is 0.253 e. The van der Waals surface area contributed by atoms with E-state index in [1.807, 2.05) is 18.4 Å². The Morgan fingerprint density at radius 3 is 2.90 bits per heavy atom. The average Bonchev–Trinajstić information content (AvgIpc) is 2.78. The molecule has 2 rings (SSSR count). The molecule has 1 amide bonds. The van der Waals surface area contributed by atoms with Crippen LogP contribution in [0.4, 0.5) is 0 Å². The van der Waals surface area contributed by atoms with E-state index >= 15 is 0 Å². The Balaban J connectivity index is 2.07. The van der Waals surface area contributed by atoms with Gasteiger partial charge in [-0.25, -0.2) is 4.98 Å². The minimum Gasteiger partial charge on any atom is -0.345 e. The molecule has 2 aromatic rings. The van der Waals surface area contributed by atoms with Crippen LogP contribution in [0.1, 0.15) is 36.1 Å². The minimum atomic E-state index is -0.238. The maximum atomic E-state index is 11.9. The van der Waals surface area contributed by atoms with Gasteiger partial charge in [-0.05, 0) is 38.2 Å². The molecule has 0 aromatic carbocycles. The summed E-state index contributed by atoms with van der Waals surface area (Å²) in [4.78, 5) is 15.8. The number of halogens is 1. The fraction of sp³-hybridized carbons (Fsp3) is 0.333. The fourth-order valence-electron chi connectivity index (χ4n) is 1.77. The van der Waals surface area contributed by atoms with Crippen LogP contribution < -0.4 is 5.32 Å². The summed E-state index contributed by atoms with van der Waals surface area (Å²) < 4.78 is 2.40. The number of amides is 1. The molecular formula is C12H14ClN5OS. The third-order valence-electron chi connectivity index (χ3n) is 2.69. The number of aromatic nitrogens is 4. The molecule has 0 atom stereocenters. The van der Waals surface area contributed by atoms with E-state index in [9.17, 15) is 4.79 Å². The number of rotatable bonds is 4. The summed E-state index contributed by atoms with van der Waals surface area (Å²) >= 11 is 10.8. The largest absolute Gasteiger partial charge is 0.345 e. The van der Waals surface area contributed by atoms with Crippen molar-refractivity contribution in [2.75, 3.05) is 0 Å². The van der Waals surface area contributed by atoms with Crippen molar-refractivity contribution in [1.82, 2.24) is 25.1 Å². The Hall–Kier alpha value is -1.73. The fourth-order valence-corrected chi connectivity index (χ4v) is 2.24. The van der Waals surface area contributed by atoms with Crippen molar-refractivity contribution >= 4 is 29.7 Å². The lowest BCUT2D eigenvalue weighted by Crippen LogP contribution is -2.25. The molecule has 0 radical (unpaired) electrons. The number of hydrogen-bond donors (Lipinski definition) is 2. The van der Waals surface area contributed by atoms with E-state index in [4.69, 9.17) is 23.8 Å². The lowest BCUT2D eigenvalue weighted by Gasteiger charge is -2.10. The Labute approximate surface area is 126 Å². The maximum absolute atomic E-state index is 11.9. The van der Waals surface area contributed by atoms with Crippen molar-refractivity contribution in [1.29, 1.82) is 0 Å². The van der Waals surface area contributed by atoms with Crippen molar-refractivity contribution in [3.05, 3.63) is 39.6 Å². The first-order chi connectivity index (χ1) is 9.49. The van der Waals surface area contributed by atoms with E-state index in [0.29, 0.717) is 21.3 Å². The van der Waals surface area contributed by atoms with Crippen molar-refractivity contribution in [2.24, 2.45) is 0 Å². The van der Waals surface area contributed by atoms with Crippen LogP contribution in [-0.2, 0) is 6.54 Å². The molecule has 2 heterocycles. The zero-order chi connectivity index (χ0) is 14.7. The van der Waals surface area contributed by atoms with Crippen molar-refractivity contribution in [2.45, 2.75) is 26.4 Å². The van der Waals surface area contributed by atoms with Crippen LogP contribution in [0.2, 0.25) is 5.15 Å². The van der Waals surface area contributed by atoms with Gasteiger partial charge in [-0.15, -0.1) is 0 Å². The topological polar surface area (TPSA) is 75.6 Å². The molecule has 0 saturated heterocycles. The number of nitrogens with zero attached hydrogens (tertiary/aromatic N) is 3. The molecule has 8 heteroatoms. The quantitative estimate of drug-likeness (QED) is 0.672. The third-order valence-corrected chi connectivity index (χ3v) is 3.20. The molecule has 0 aliphatic heterocycles. The lowest BCUT2D eigenvalue weighted by atomic mass is 10.2. The molecule has 2 N–H and O–H groups in total. The molecule has 106 valence electrons. The van der Waals surface area contributed by atoms with Crippen LogP contribution in [-0.4, -0.2) is 25.7 Å². The van der Waals surface area contributed by atoms with Gasteiger partial charge in [-0.3, -0.25) is 9.89 Å². The van der Waals surface area contributed by atoms with E-state index in [1.54, 1.807) is 12.1 Å². The van der Waals surface area contributed by atoms with E-state index in [-0.39, 0.29) is 18.5 Å². The Morgan fingerprint density at radius 1 is 1.55 bits per heavy atom. The molecule has 0 aliphatic rings. The lowest BCUT2D eigenvalue weighted by molar-refractivity contribution is 0.0949. The van der Waals surface area contributed by atoms with E-state index in [0.717, 1.165) is 0 Å². The van der Waals surface area contributed by atoms with Gasteiger partial charge in [-0.2, -0.15) is 5.10 Å². The van der Waals surface area contributed by atoms with Crippen LogP contribution in [0.25, 0.3) is 0 Å². The van der Waals surface area contributed by atoms with Gasteiger partial charge in [0.25, 0.3) is 5.91 Å². The first-order valence-electron chi connectivity index (χ1n) is 6.04. The second-order valence-electron chi connectivity index (χ2n) is 4.46. The van der Waals surface area contributed by atoms with Gasteiger partial charge >= 0.3 is 0 Å². The first-order valence-corrected chi connectivity index (χ1v) is 6.83. The number of carbonyl (C=O) groups is 1. The first kappa shape index (κ1) is 14.7. The SMILES string of the molecule is CC(C)n1c(CNC(=O)c2ccc(Cl)nc2)n[nH]c1=S. The zero-order valence-electron chi connectivity index (χ0n) is 11.1. The number of hydrogen-bond acceptors (Lipinski definition) is 4. The van der Waals surface area contributed by atoms with Crippen LogP contribution in [0.5, 0.6) is 0 Å². The van der Waals surface area contributed by atoms with Crippen LogP contribution in [0, 0.1) is 4.77 Å². The number of aromatic amines is 1. The summed E-state index contributed by atoms with van der Waals surface area (Å²) in [6.07, 6.45) is 1.43. The van der Waals surface area contributed by atoms with Gasteiger partial charge in [0, 0.05) is 12.2 Å². The van der Waals surface area contributed by atoms with Gasteiger partial charge in [0.05, 0.1) is 12.1 Å². The maximum Gasteiger partial charge on any atom is 0.253 e. The monoisotopic (exact) mass is 311 g/mol. The predicted octanol–water partition coefficient (Wildman–Crippen LogP) is 2.50. The normalized spacial score (nSPS) is 10.8. The molecule has 0 bridgehead atoms. The van der Waals surface area contributed by atoms with E-state index in [1.165, 1.54) is 6.20 Å². The number of nitrogens with one attached hydrogen (secondary N) is 2. The van der Waals surface area contributed by atoms with Gasteiger partial charge in [0.1, 0.15) is 5.15 Å². The van der Waals surface area contributed by atoms with Gasteiger partial charge in [0.2, 0.25) is 0 Å². The molecule has 0 fully saturated rings. The summed E-state index contributed by atoms with van der Waals surface area (Å²) in [6, 6.07) is 3.36. The summed E-state index contributed by atoms with van der Waals surface area (Å²) in [5, 5.41) is 9.96. The van der Waals surface area contributed by atoms with Crippen LogP contribution in [0.15, 0.2) is 18.3 Å². The third kappa shape index (κ3) is 3.23. The molecule has 0 aliphatic carbocycles. The van der Waals surface area contributed by atoms with E-state index < -0.39 is 0 Å². The molecule has 2 aromatic heterocycles. The van der Waals surface area contributed by atoms with Crippen molar-refractivity contribution in [3.63, 3.8) is 0 Å². The highest BCUT2D eigenvalue weighted by Crippen LogP contribution is 2.09. The van der Waals surface area contributed by atoms with Gasteiger partial charge < -0.3 is 9.88 Å². The average molecular weight is 312 g/mol. The molecular weight excluding hydrogens is 298 g/mol. The number of pyridine rings is 1. The molecule has 6 nitrogen and oxygen atoms in total. The second kappa shape index (κ2) is 6.15. The Bertz CT molecular complexity index is 661. The highest BCUT2D eigenvalue weighted by atomic mass is 35.5. The van der Waals surface area contributed by atoms with Gasteiger partial charge in [-0.1, -0.05) is 11.6 Å². The molecule has 0 saturated carbocycles. The van der Waals surface area contributed by atoms with Crippen molar-refractivity contribution in [3.8, 4) is 0 Å². The summed E-state index contributed by atoms with van der Waals surface area (Å²) in [5.74, 6) is 0.443. The number of carbonyl (C=O) groups excluding carboxylic acids is 1. The van der Waals surface area contributed by atoms with Crippen LogP contribution >= 0.6 is 23.8 Å². The highest BCUT2D eigenvalue weighted by molar-refractivity contribution is 7.71. The predicted molar refractivity (Wildman–Crippen MR) is 78.2 cm³/mol. The van der Waals surface area contributed by atoms with Crippen LogP contribution in [0.3, 0.4) is 0 Å². The summed E-state index contributed by atoms with van der Waals surface area (Å²) in [5.41, 5.74) is 0.444. The van der Waals surface area contributed by atoms with Crippen molar-refractivity contribution < 1.29 is 4.79 Å². The Kier molecular flexibility index (Phi) is 4.51. The van der Waals surface area contributed by atoms with Gasteiger partial charge in [0.15, 0.2) is 10.6 Å².